The molecule has 0 saturated heterocycles. The second kappa shape index (κ2) is 5.01. The van der Waals surface area contributed by atoms with Gasteiger partial charge in [-0.1, -0.05) is 16.4 Å². The maximum absolute atomic E-state index is 13.3. The van der Waals surface area contributed by atoms with Crippen LogP contribution in [0.5, 0.6) is 0 Å². The van der Waals surface area contributed by atoms with Crippen molar-refractivity contribution in [3.63, 3.8) is 0 Å². The van der Waals surface area contributed by atoms with Gasteiger partial charge in [-0.05, 0) is 13.0 Å². The van der Waals surface area contributed by atoms with Crippen molar-refractivity contribution in [3.8, 4) is 0 Å². The van der Waals surface area contributed by atoms with Crippen LogP contribution in [0.4, 0.5) is 8.78 Å². The molecule has 17 heavy (non-hydrogen) atoms. The third-order valence-corrected chi connectivity index (χ3v) is 2.37. The highest BCUT2D eigenvalue weighted by Gasteiger charge is 2.06. The Morgan fingerprint density at radius 3 is 2.71 bits per heavy atom. The molecule has 1 aromatic carbocycles. The summed E-state index contributed by atoms with van der Waals surface area (Å²) in [7, 11) is 0. The molecule has 6 heteroatoms. The maximum Gasteiger partial charge on any atom is 0.130 e. The van der Waals surface area contributed by atoms with Gasteiger partial charge < -0.3 is 5.32 Å². The fourth-order valence-electron chi connectivity index (χ4n) is 1.39. The van der Waals surface area contributed by atoms with E-state index in [9.17, 15) is 8.78 Å². The number of nitrogens with zero attached hydrogens (tertiary/aromatic N) is 2. The number of halogens is 2. The monoisotopic (exact) mass is 239 g/mol. The fourth-order valence-corrected chi connectivity index (χ4v) is 1.39. The first kappa shape index (κ1) is 11.7. The van der Waals surface area contributed by atoms with E-state index in [4.69, 9.17) is 0 Å². The lowest BCUT2D eigenvalue weighted by molar-refractivity contribution is 0.300. The van der Waals surface area contributed by atoms with Crippen LogP contribution in [0.15, 0.2) is 22.8 Å². The van der Waals surface area contributed by atoms with Crippen molar-refractivity contribution < 1.29 is 13.4 Å². The fraction of sp³-hybridized carbons (Fsp3) is 0.273. The Morgan fingerprint density at radius 2 is 2.06 bits per heavy atom. The van der Waals surface area contributed by atoms with Gasteiger partial charge in [0.05, 0.1) is 0 Å². The molecule has 0 saturated carbocycles. The van der Waals surface area contributed by atoms with Gasteiger partial charge >= 0.3 is 0 Å². The Morgan fingerprint density at radius 1 is 1.24 bits per heavy atom. The molecular formula is C11H11F2N3O. The summed E-state index contributed by atoms with van der Waals surface area (Å²) in [6, 6.07) is 3.49. The number of hydrogen-bond acceptors (Lipinski definition) is 4. The summed E-state index contributed by atoms with van der Waals surface area (Å²) in [5.41, 5.74) is 1.77. The molecule has 90 valence electrons. The zero-order chi connectivity index (χ0) is 12.3. The smallest absolute Gasteiger partial charge is 0.130 e. The van der Waals surface area contributed by atoms with Gasteiger partial charge in [-0.2, -0.15) is 0 Å². The van der Waals surface area contributed by atoms with Crippen molar-refractivity contribution in [2.24, 2.45) is 0 Å². The Hall–Kier alpha value is -1.82. The number of hydrogen-bond donors (Lipinski definition) is 1. The number of aromatic nitrogens is 2. The molecule has 0 bridgehead atoms. The van der Waals surface area contributed by atoms with Crippen LogP contribution in [0.25, 0.3) is 0 Å². The van der Waals surface area contributed by atoms with Crippen molar-refractivity contribution >= 4 is 0 Å². The molecule has 1 heterocycles. The summed E-state index contributed by atoms with van der Waals surface area (Å²) in [5.74, 6) is -1.14. The Kier molecular flexibility index (Phi) is 3.43. The van der Waals surface area contributed by atoms with Crippen LogP contribution in [0.1, 0.15) is 17.0 Å². The van der Waals surface area contributed by atoms with Gasteiger partial charge in [-0.3, -0.25) is 0 Å². The van der Waals surface area contributed by atoms with Crippen molar-refractivity contribution in [1.29, 1.82) is 0 Å². The highest BCUT2D eigenvalue weighted by Crippen LogP contribution is 2.09. The van der Waals surface area contributed by atoms with E-state index in [2.05, 4.69) is 20.3 Å². The van der Waals surface area contributed by atoms with Gasteiger partial charge in [-0.15, -0.1) is 0 Å². The predicted molar refractivity (Wildman–Crippen MR) is 55.9 cm³/mol. The number of aryl methyl sites for hydroxylation is 1. The molecule has 0 aliphatic rings. The standard InChI is InChI=1S/C11H11F2N3O/c1-7-11(16-17-15-7)6-14-5-8-2-3-9(12)4-10(8)13/h2-4,14H,5-6H2,1H3. The molecule has 1 aromatic heterocycles. The van der Waals surface area contributed by atoms with Gasteiger partial charge in [0.2, 0.25) is 0 Å². The van der Waals surface area contributed by atoms with Crippen LogP contribution in [0.3, 0.4) is 0 Å². The molecule has 0 radical (unpaired) electrons. The van der Waals surface area contributed by atoms with Crippen molar-refractivity contribution in [2.75, 3.05) is 0 Å². The summed E-state index contributed by atoms with van der Waals surface area (Å²) in [6.07, 6.45) is 0. The normalized spacial score (nSPS) is 10.8. The second-order valence-electron chi connectivity index (χ2n) is 3.64. The lowest BCUT2D eigenvalue weighted by atomic mass is 10.2. The second-order valence-corrected chi connectivity index (χ2v) is 3.64. The Balaban J connectivity index is 1.92. The van der Waals surface area contributed by atoms with E-state index in [0.29, 0.717) is 30.0 Å². The van der Waals surface area contributed by atoms with E-state index in [1.807, 2.05) is 0 Å². The number of rotatable bonds is 4. The van der Waals surface area contributed by atoms with Gasteiger partial charge in [-0.25, -0.2) is 13.4 Å². The van der Waals surface area contributed by atoms with E-state index < -0.39 is 11.6 Å². The van der Waals surface area contributed by atoms with Crippen molar-refractivity contribution in [2.45, 2.75) is 20.0 Å². The molecule has 0 spiro atoms. The molecule has 0 unspecified atom stereocenters. The van der Waals surface area contributed by atoms with Crippen LogP contribution in [-0.2, 0) is 13.1 Å². The van der Waals surface area contributed by atoms with Crippen LogP contribution < -0.4 is 5.32 Å². The third kappa shape index (κ3) is 2.85. The number of benzene rings is 1. The molecule has 0 aliphatic heterocycles. The van der Waals surface area contributed by atoms with Crippen LogP contribution >= 0.6 is 0 Å². The average Bonchev–Trinajstić information content (AvgIpc) is 2.68. The first-order valence-electron chi connectivity index (χ1n) is 5.09. The number of nitrogens with one attached hydrogen (secondary N) is 1. The van der Waals surface area contributed by atoms with Crippen LogP contribution in [-0.4, -0.2) is 10.3 Å². The Bertz CT molecular complexity index is 513. The van der Waals surface area contributed by atoms with Crippen molar-refractivity contribution in [1.82, 2.24) is 15.6 Å². The quantitative estimate of drug-likeness (QED) is 0.885. The van der Waals surface area contributed by atoms with E-state index in [1.165, 1.54) is 12.1 Å². The minimum absolute atomic E-state index is 0.290. The minimum Gasteiger partial charge on any atom is -0.307 e. The molecule has 0 atom stereocenters. The summed E-state index contributed by atoms with van der Waals surface area (Å²) in [5, 5.41) is 10.3. The lowest BCUT2D eigenvalue weighted by Crippen LogP contribution is -2.14. The van der Waals surface area contributed by atoms with Gasteiger partial charge in [0.25, 0.3) is 0 Å². The molecule has 4 nitrogen and oxygen atoms in total. The van der Waals surface area contributed by atoms with E-state index >= 15 is 0 Å². The van der Waals surface area contributed by atoms with E-state index in [0.717, 1.165) is 6.07 Å². The third-order valence-electron chi connectivity index (χ3n) is 2.37. The average molecular weight is 239 g/mol. The summed E-state index contributed by atoms with van der Waals surface area (Å²) in [4.78, 5) is 0. The Labute approximate surface area is 96.6 Å². The maximum atomic E-state index is 13.3. The van der Waals surface area contributed by atoms with Crippen molar-refractivity contribution in [3.05, 3.63) is 46.8 Å². The van der Waals surface area contributed by atoms with Crippen LogP contribution in [0.2, 0.25) is 0 Å². The van der Waals surface area contributed by atoms with E-state index in [1.54, 1.807) is 6.92 Å². The topological polar surface area (TPSA) is 51.0 Å². The lowest BCUT2D eigenvalue weighted by Gasteiger charge is -2.04. The zero-order valence-corrected chi connectivity index (χ0v) is 9.20. The largest absolute Gasteiger partial charge is 0.307 e. The summed E-state index contributed by atoms with van der Waals surface area (Å²) >= 11 is 0. The highest BCUT2D eigenvalue weighted by atomic mass is 19.1. The first-order chi connectivity index (χ1) is 8.16. The molecule has 0 fully saturated rings. The highest BCUT2D eigenvalue weighted by molar-refractivity contribution is 5.18. The minimum atomic E-state index is -0.581. The predicted octanol–water partition coefficient (Wildman–Crippen LogP) is 1.95. The molecule has 2 aromatic rings. The first-order valence-corrected chi connectivity index (χ1v) is 5.09. The molecule has 1 N–H and O–H groups in total. The SMILES string of the molecule is Cc1nonc1CNCc1ccc(F)cc1F. The molecule has 0 aliphatic carbocycles. The molecular weight excluding hydrogens is 228 g/mol. The zero-order valence-electron chi connectivity index (χ0n) is 9.20. The van der Waals surface area contributed by atoms with Gasteiger partial charge in [0.1, 0.15) is 23.0 Å². The van der Waals surface area contributed by atoms with Gasteiger partial charge in [0.15, 0.2) is 0 Å². The summed E-state index contributed by atoms with van der Waals surface area (Å²) < 4.78 is 30.4. The molecule has 2 rings (SSSR count). The summed E-state index contributed by atoms with van der Waals surface area (Å²) in [6.45, 7) is 2.48. The van der Waals surface area contributed by atoms with E-state index in [-0.39, 0.29) is 0 Å². The van der Waals surface area contributed by atoms with Crippen LogP contribution in [0, 0.1) is 18.6 Å². The van der Waals surface area contributed by atoms with Gasteiger partial charge in [0, 0.05) is 24.7 Å². The molecule has 0 amide bonds.